The topological polar surface area (TPSA) is 21.3 Å². The summed E-state index contributed by atoms with van der Waals surface area (Å²) in [5.41, 5.74) is 0. The third-order valence-corrected chi connectivity index (χ3v) is 2.14. The van der Waals surface area contributed by atoms with Crippen LogP contribution in [-0.4, -0.2) is 32.0 Å². The van der Waals surface area contributed by atoms with Gasteiger partial charge in [-0.2, -0.15) is 13.2 Å². The van der Waals surface area contributed by atoms with Crippen LogP contribution in [0.15, 0.2) is 0 Å². The molecule has 14 heavy (non-hydrogen) atoms. The van der Waals surface area contributed by atoms with E-state index in [-0.39, 0.29) is 18.6 Å². The van der Waals surface area contributed by atoms with Crippen LogP contribution in [0, 0.1) is 0 Å². The zero-order chi connectivity index (χ0) is 11.2. The molecule has 0 amide bonds. The second-order valence-electron chi connectivity index (χ2n) is 3.26. The highest BCUT2D eigenvalue weighted by molar-refractivity contribution is 4.74. The molecule has 1 N–H and O–H groups in total. The summed E-state index contributed by atoms with van der Waals surface area (Å²) >= 11 is 0. The first kappa shape index (κ1) is 13.7. The molecule has 0 fully saturated rings. The van der Waals surface area contributed by atoms with E-state index in [1.165, 1.54) is 7.11 Å². The minimum absolute atomic E-state index is 0.0619. The van der Waals surface area contributed by atoms with E-state index in [0.717, 1.165) is 0 Å². The van der Waals surface area contributed by atoms with E-state index in [4.69, 9.17) is 4.74 Å². The minimum atomic E-state index is -4.08. The van der Waals surface area contributed by atoms with Crippen molar-refractivity contribution in [2.45, 2.75) is 45.0 Å². The molecule has 2 atom stereocenters. The van der Waals surface area contributed by atoms with Crippen LogP contribution < -0.4 is 5.32 Å². The predicted molar refractivity (Wildman–Crippen MR) is 49.2 cm³/mol. The molecule has 0 aliphatic rings. The van der Waals surface area contributed by atoms with Crippen molar-refractivity contribution >= 4 is 0 Å². The number of rotatable bonds is 6. The van der Waals surface area contributed by atoms with Crippen molar-refractivity contribution in [3.8, 4) is 0 Å². The lowest BCUT2D eigenvalue weighted by Gasteiger charge is -2.24. The second kappa shape index (κ2) is 6.24. The highest BCUT2D eigenvalue weighted by Crippen LogP contribution is 2.23. The van der Waals surface area contributed by atoms with Gasteiger partial charge in [0.25, 0.3) is 0 Å². The Labute approximate surface area is 82.8 Å². The first-order valence-corrected chi connectivity index (χ1v) is 4.73. The number of hydrogen-bond acceptors (Lipinski definition) is 2. The molecule has 86 valence electrons. The molecule has 2 nitrogen and oxygen atoms in total. The molecule has 0 aromatic carbocycles. The van der Waals surface area contributed by atoms with E-state index < -0.39 is 12.6 Å². The van der Waals surface area contributed by atoms with Gasteiger partial charge in [0.1, 0.15) is 0 Å². The number of hydrogen-bond donors (Lipinski definition) is 1. The number of alkyl halides is 3. The van der Waals surface area contributed by atoms with Crippen molar-refractivity contribution in [1.82, 2.24) is 5.32 Å². The highest BCUT2D eigenvalue weighted by Gasteiger charge is 2.29. The molecule has 0 rings (SSSR count). The molecule has 0 aliphatic heterocycles. The summed E-state index contributed by atoms with van der Waals surface area (Å²) in [4.78, 5) is 0. The van der Waals surface area contributed by atoms with Crippen LogP contribution in [0.25, 0.3) is 0 Å². The van der Waals surface area contributed by atoms with Gasteiger partial charge in [0.15, 0.2) is 0 Å². The summed E-state index contributed by atoms with van der Waals surface area (Å²) in [5, 5.41) is 2.98. The normalized spacial score (nSPS) is 16.7. The first-order chi connectivity index (χ1) is 6.40. The number of halogens is 3. The Morgan fingerprint density at radius 3 is 2.29 bits per heavy atom. The molecular formula is C9H18F3NO. The van der Waals surface area contributed by atoms with E-state index in [1.807, 2.05) is 6.92 Å². The number of methoxy groups -OCH3 is 1. The van der Waals surface area contributed by atoms with Gasteiger partial charge in [0, 0.05) is 19.6 Å². The summed E-state index contributed by atoms with van der Waals surface area (Å²) in [5.74, 6) is 0. The van der Waals surface area contributed by atoms with Gasteiger partial charge in [-0.3, -0.25) is 0 Å². The maximum absolute atomic E-state index is 12.0. The minimum Gasteiger partial charge on any atom is -0.380 e. The molecule has 0 saturated heterocycles. The van der Waals surface area contributed by atoms with Gasteiger partial charge in [0.05, 0.1) is 6.10 Å². The van der Waals surface area contributed by atoms with Crippen LogP contribution >= 0.6 is 0 Å². The molecule has 0 aromatic rings. The Balaban J connectivity index is 3.96. The van der Waals surface area contributed by atoms with E-state index in [1.54, 1.807) is 6.92 Å². The predicted octanol–water partition coefficient (Wildman–Crippen LogP) is 2.34. The molecule has 5 heteroatoms. The molecule has 0 saturated carbocycles. The Bertz CT molecular complexity index is 149. The van der Waals surface area contributed by atoms with Gasteiger partial charge in [-0.15, -0.1) is 0 Å². The van der Waals surface area contributed by atoms with Gasteiger partial charge in [-0.05, 0) is 19.9 Å². The molecule has 0 bridgehead atoms. The van der Waals surface area contributed by atoms with E-state index in [2.05, 4.69) is 5.32 Å². The maximum atomic E-state index is 12.0. The summed E-state index contributed by atoms with van der Waals surface area (Å²) in [7, 11) is 1.50. The molecular weight excluding hydrogens is 195 g/mol. The number of nitrogens with one attached hydrogen (secondary N) is 1. The van der Waals surface area contributed by atoms with Gasteiger partial charge in [-0.1, -0.05) is 6.92 Å². The third-order valence-electron chi connectivity index (χ3n) is 2.14. The van der Waals surface area contributed by atoms with Crippen LogP contribution in [0.3, 0.4) is 0 Å². The van der Waals surface area contributed by atoms with E-state index in [9.17, 15) is 13.2 Å². The van der Waals surface area contributed by atoms with Crippen molar-refractivity contribution in [2.75, 3.05) is 13.7 Å². The SMILES string of the molecule is CCNC(CCC(F)(F)F)C(C)OC. The quantitative estimate of drug-likeness (QED) is 0.731. The Morgan fingerprint density at radius 2 is 1.93 bits per heavy atom. The molecule has 0 aliphatic carbocycles. The zero-order valence-electron chi connectivity index (χ0n) is 8.82. The van der Waals surface area contributed by atoms with Gasteiger partial charge in [0.2, 0.25) is 0 Å². The van der Waals surface area contributed by atoms with Crippen LogP contribution in [-0.2, 0) is 4.74 Å². The zero-order valence-corrected chi connectivity index (χ0v) is 8.82. The summed E-state index contributed by atoms with van der Waals surface area (Å²) < 4.78 is 40.9. The smallest absolute Gasteiger partial charge is 0.380 e. The monoisotopic (exact) mass is 213 g/mol. The molecule has 0 heterocycles. The number of likely N-dealkylation sites (N-methyl/N-ethyl adjacent to an activating group) is 1. The standard InChI is InChI=1S/C9H18F3NO/c1-4-13-8(7(2)14-3)5-6-9(10,11)12/h7-8,13H,4-6H2,1-3H3. The molecule has 0 spiro atoms. The Hall–Kier alpha value is -0.290. The lowest BCUT2D eigenvalue weighted by Crippen LogP contribution is -2.40. The molecule has 0 aromatic heterocycles. The average Bonchev–Trinajstić information content (AvgIpc) is 2.09. The fraction of sp³-hybridized carbons (Fsp3) is 1.00. The number of ether oxygens (including phenoxy) is 1. The van der Waals surface area contributed by atoms with Gasteiger partial charge >= 0.3 is 6.18 Å². The third kappa shape index (κ3) is 6.21. The molecule has 2 unspecified atom stereocenters. The van der Waals surface area contributed by atoms with Crippen LogP contribution in [0.4, 0.5) is 13.2 Å². The van der Waals surface area contributed by atoms with Crippen molar-refractivity contribution in [3.63, 3.8) is 0 Å². The fourth-order valence-electron chi connectivity index (χ4n) is 1.25. The summed E-state index contributed by atoms with van der Waals surface area (Å²) in [6, 6.07) is -0.230. The van der Waals surface area contributed by atoms with Crippen LogP contribution in [0.2, 0.25) is 0 Å². The van der Waals surface area contributed by atoms with Crippen LogP contribution in [0.5, 0.6) is 0 Å². The van der Waals surface area contributed by atoms with E-state index >= 15 is 0 Å². The average molecular weight is 213 g/mol. The van der Waals surface area contributed by atoms with Crippen molar-refractivity contribution in [3.05, 3.63) is 0 Å². The van der Waals surface area contributed by atoms with Gasteiger partial charge < -0.3 is 10.1 Å². The highest BCUT2D eigenvalue weighted by atomic mass is 19.4. The summed E-state index contributed by atoms with van der Waals surface area (Å²) in [6.45, 7) is 4.28. The Kier molecular flexibility index (Phi) is 6.11. The maximum Gasteiger partial charge on any atom is 0.389 e. The van der Waals surface area contributed by atoms with Crippen molar-refractivity contribution in [2.24, 2.45) is 0 Å². The van der Waals surface area contributed by atoms with Gasteiger partial charge in [-0.25, -0.2) is 0 Å². The lowest BCUT2D eigenvalue weighted by molar-refractivity contribution is -0.138. The summed E-state index contributed by atoms with van der Waals surface area (Å²) in [6.07, 6.45) is -4.98. The van der Waals surface area contributed by atoms with Crippen molar-refractivity contribution in [1.29, 1.82) is 0 Å². The second-order valence-corrected chi connectivity index (χ2v) is 3.26. The van der Waals surface area contributed by atoms with Crippen LogP contribution in [0.1, 0.15) is 26.7 Å². The lowest BCUT2D eigenvalue weighted by atomic mass is 10.1. The molecule has 0 radical (unpaired) electrons. The first-order valence-electron chi connectivity index (χ1n) is 4.73. The Morgan fingerprint density at radius 1 is 1.36 bits per heavy atom. The fourth-order valence-corrected chi connectivity index (χ4v) is 1.25. The largest absolute Gasteiger partial charge is 0.389 e. The van der Waals surface area contributed by atoms with Crippen molar-refractivity contribution < 1.29 is 17.9 Å². The van der Waals surface area contributed by atoms with E-state index in [0.29, 0.717) is 6.54 Å².